The summed E-state index contributed by atoms with van der Waals surface area (Å²) < 4.78 is 5.74. The van der Waals surface area contributed by atoms with Crippen LogP contribution in [-0.4, -0.2) is 7.11 Å². The molecule has 2 heteroatoms. The van der Waals surface area contributed by atoms with Crippen LogP contribution in [0.25, 0.3) is 24.3 Å². The zero-order valence-electron chi connectivity index (χ0n) is 22.7. The molecule has 5 rings (SSSR count). The van der Waals surface area contributed by atoms with Crippen LogP contribution in [0.4, 0.5) is 17.1 Å². The average molecular weight is 508 g/mol. The third-order valence-electron chi connectivity index (χ3n) is 6.72. The molecule has 0 aromatic heterocycles. The van der Waals surface area contributed by atoms with Crippen LogP contribution in [0.15, 0.2) is 121 Å². The Bertz CT molecular complexity index is 1460. The standard InChI is InChI=1S/C37H33NO/c1-28-8-12-30(13-9-28)16-18-32-20-24-34(25-21-32)38(36-6-4-5-7-37(36)39-3)35-26-22-33(23-27-35)19-17-31-14-10-29(2)11-15-31/h4-27H,1-3H3/b18-16+,19-17+. The molecule has 0 amide bonds. The first kappa shape index (κ1) is 25.8. The molecule has 0 aliphatic rings. The Hall–Kier alpha value is -4.82. The van der Waals surface area contributed by atoms with E-state index in [0.717, 1.165) is 33.9 Å². The van der Waals surface area contributed by atoms with E-state index in [1.165, 1.54) is 22.3 Å². The highest BCUT2D eigenvalue weighted by molar-refractivity contribution is 5.82. The van der Waals surface area contributed by atoms with E-state index in [1.807, 2.05) is 18.2 Å². The molecule has 0 atom stereocenters. The van der Waals surface area contributed by atoms with E-state index in [4.69, 9.17) is 4.74 Å². The molecule has 0 heterocycles. The minimum Gasteiger partial charge on any atom is -0.495 e. The van der Waals surface area contributed by atoms with Crippen molar-refractivity contribution in [3.05, 3.63) is 155 Å². The molecule has 5 aromatic carbocycles. The number of para-hydroxylation sites is 2. The van der Waals surface area contributed by atoms with E-state index in [9.17, 15) is 0 Å². The summed E-state index contributed by atoms with van der Waals surface area (Å²) >= 11 is 0. The largest absolute Gasteiger partial charge is 0.495 e. The normalized spacial score (nSPS) is 11.3. The number of hydrogen-bond acceptors (Lipinski definition) is 2. The van der Waals surface area contributed by atoms with E-state index in [2.05, 4.69) is 146 Å². The van der Waals surface area contributed by atoms with Gasteiger partial charge in [-0.05, 0) is 72.5 Å². The van der Waals surface area contributed by atoms with Gasteiger partial charge in [-0.1, -0.05) is 120 Å². The van der Waals surface area contributed by atoms with Crippen molar-refractivity contribution in [3.8, 4) is 5.75 Å². The van der Waals surface area contributed by atoms with E-state index in [-0.39, 0.29) is 0 Å². The topological polar surface area (TPSA) is 12.5 Å². The summed E-state index contributed by atoms with van der Waals surface area (Å²) in [5.74, 6) is 0.823. The van der Waals surface area contributed by atoms with Gasteiger partial charge in [0.1, 0.15) is 5.75 Å². The fraction of sp³-hybridized carbons (Fsp3) is 0.0811. The third-order valence-corrected chi connectivity index (χ3v) is 6.72. The van der Waals surface area contributed by atoms with Crippen LogP contribution < -0.4 is 9.64 Å². The van der Waals surface area contributed by atoms with Crippen LogP contribution in [0.2, 0.25) is 0 Å². The van der Waals surface area contributed by atoms with Gasteiger partial charge in [-0.25, -0.2) is 0 Å². The molecule has 0 bridgehead atoms. The molecule has 5 aromatic rings. The molecule has 0 fully saturated rings. The second-order valence-corrected chi connectivity index (χ2v) is 9.68. The Morgan fingerprint density at radius 2 is 0.821 bits per heavy atom. The van der Waals surface area contributed by atoms with Gasteiger partial charge in [0.15, 0.2) is 0 Å². The fourth-order valence-electron chi connectivity index (χ4n) is 4.45. The molecule has 0 saturated heterocycles. The number of nitrogens with zero attached hydrogens (tertiary/aromatic N) is 1. The minimum absolute atomic E-state index is 0.823. The smallest absolute Gasteiger partial charge is 0.142 e. The predicted molar refractivity (Wildman–Crippen MR) is 168 cm³/mol. The first-order valence-electron chi connectivity index (χ1n) is 13.2. The molecule has 39 heavy (non-hydrogen) atoms. The quantitative estimate of drug-likeness (QED) is 0.194. The van der Waals surface area contributed by atoms with Crippen LogP contribution in [0.1, 0.15) is 33.4 Å². The maximum Gasteiger partial charge on any atom is 0.142 e. The van der Waals surface area contributed by atoms with Crippen LogP contribution in [0, 0.1) is 13.8 Å². The molecule has 0 N–H and O–H groups in total. The molecular formula is C37H33NO. The number of rotatable bonds is 8. The summed E-state index contributed by atoms with van der Waals surface area (Å²) in [7, 11) is 1.72. The van der Waals surface area contributed by atoms with E-state index in [1.54, 1.807) is 7.11 Å². The van der Waals surface area contributed by atoms with Crippen LogP contribution in [0.5, 0.6) is 5.75 Å². The Morgan fingerprint density at radius 3 is 1.21 bits per heavy atom. The van der Waals surface area contributed by atoms with E-state index in [0.29, 0.717) is 0 Å². The van der Waals surface area contributed by atoms with Crippen molar-refractivity contribution < 1.29 is 4.74 Å². The fourth-order valence-corrected chi connectivity index (χ4v) is 4.45. The Balaban J connectivity index is 1.43. The summed E-state index contributed by atoms with van der Waals surface area (Å²) in [6, 6.07) is 42.5. The number of benzene rings is 5. The maximum atomic E-state index is 5.74. The van der Waals surface area contributed by atoms with Crippen molar-refractivity contribution >= 4 is 41.4 Å². The second-order valence-electron chi connectivity index (χ2n) is 9.68. The monoisotopic (exact) mass is 507 g/mol. The third kappa shape index (κ3) is 6.55. The highest BCUT2D eigenvalue weighted by Crippen LogP contribution is 2.40. The number of aryl methyl sites for hydroxylation is 2. The Labute approximate surface area is 232 Å². The number of methoxy groups -OCH3 is 1. The summed E-state index contributed by atoms with van der Waals surface area (Å²) in [5, 5.41) is 0. The number of ether oxygens (including phenoxy) is 1. The van der Waals surface area contributed by atoms with Gasteiger partial charge >= 0.3 is 0 Å². The Kier molecular flexibility index (Phi) is 8.04. The first-order valence-corrected chi connectivity index (χ1v) is 13.2. The zero-order chi connectivity index (χ0) is 27.0. The summed E-state index contributed by atoms with van der Waals surface area (Å²) in [4.78, 5) is 2.24. The van der Waals surface area contributed by atoms with Gasteiger partial charge in [0, 0.05) is 11.4 Å². The lowest BCUT2D eigenvalue weighted by atomic mass is 10.1. The van der Waals surface area contributed by atoms with Crippen molar-refractivity contribution in [2.45, 2.75) is 13.8 Å². The van der Waals surface area contributed by atoms with E-state index < -0.39 is 0 Å². The van der Waals surface area contributed by atoms with Gasteiger partial charge in [0.25, 0.3) is 0 Å². The lowest BCUT2D eigenvalue weighted by Crippen LogP contribution is -2.11. The molecule has 0 aliphatic heterocycles. The molecule has 2 nitrogen and oxygen atoms in total. The van der Waals surface area contributed by atoms with Crippen molar-refractivity contribution in [1.29, 1.82) is 0 Å². The summed E-state index contributed by atoms with van der Waals surface area (Å²) in [6.07, 6.45) is 8.60. The SMILES string of the molecule is COc1ccccc1N(c1ccc(/C=C/c2ccc(C)cc2)cc1)c1ccc(/C=C/c2ccc(C)cc2)cc1. The van der Waals surface area contributed by atoms with Crippen molar-refractivity contribution in [3.63, 3.8) is 0 Å². The molecule has 0 unspecified atom stereocenters. The van der Waals surface area contributed by atoms with Crippen molar-refractivity contribution in [2.24, 2.45) is 0 Å². The van der Waals surface area contributed by atoms with Gasteiger partial charge in [0.05, 0.1) is 12.8 Å². The van der Waals surface area contributed by atoms with Crippen molar-refractivity contribution in [2.75, 3.05) is 12.0 Å². The van der Waals surface area contributed by atoms with Gasteiger partial charge < -0.3 is 9.64 Å². The maximum absolute atomic E-state index is 5.74. The summed E-state index contributed by atoms with van der Waals surface area (Å²) in [5.41, 5.74) is 10.3. The van der Waals surface area contributed by atoms with Gasteiger partial charge in [-0.15, -0.1) is 0 Å². The minimum atomic E-state index is 0.823. The zero-order valence-corrected chi connectivity index (χ0v) is 22.7. The lowest BCUT2D eigenvalue weighted by molar-refractivity contribution is 0.416. The van der Waals surface area contributed by atoms with E-state index >= 15 is 0 Å². The summed E-state index contributed by atoms with van der Waals surface area (Å²) in [6.45, 7) is 4.21. The highest BCUT2D eigenvalue weighted by atomic mass is 16.5. The molecule has 192 valence electrons. The average Bonchev–Trinajstić information content (AvgIpc) is 2.98. The van der Waals surface area contributed by atoms with Gasteiger partial charge in [-0.2, -0.15) is 0 Å². The highest BCUT2D eigenvalue weighted by Gasteiger charge is 2.16. The van der Waals surface area contributed by atoms with Crippen LogP contribution in [-0.2, 0) is 0 Å². The second kappa shape index (κ2) is 12.1. The first-order chi connectivity index (χ1) is 19.1. The number of anilines is 3. The van der Waals surface area contributed by atoms with Crippen LogP contribution in [0.3, 0.4) is 0 Å². The lowest BCUT2D eigenvalue weighted by Gasteiger charge is -2.27. The number of hydrogen-bond donors (Lipinski definition) is 0. The molecule has 0 radical (unpaired) electrons. The van der Waals surface area contributed by atoms with Gasteiger partial charge in [-0.3, -0.25) is 0 Å². The molecule has 0 saturated carbocycles. The predicted octanol–water partition coefficient (Wildman–Crippen LogP) is 10.1. The Morgan fingerprint density at radius 1 is 0.462 bits per heavy atom. The van der Waals surface area contributed by atoms with Crippen LogP contribution >= 0.6 is 0 Å². The molecule has 0 spiro atoms. The molecular weight excluding hydrogens is 474 g/mol. The molecule has 0 aliphatic carbocycles. The van der Waals surface area contributed by atoms with Gasteiger partial charge in [0.2, 0.25) is 0 Å². The van der Waals surface area contributed by atoms with Crippen molar-refractivity contribution in [1.82, 2.24) is 0 Å².